The summed E-state index contributed by atoms with van der Waals surface area (Å²) in [7, 11) is 10.2. The first-order valence-electron chi connectivity index (χ1n) is 40.7. The Labute approximate surface area is 719 Å². The zero-order valence-electron chi connectivity index (χ0n) is 69.3. The Bertz CT molecular complexity index is 6070. The van der Waals surface area contributed by atoms with Gasteiger partial charge in [0.05, 0.1) is 129 Å². The van der Waals surface area contributed by atoms with Crippen molar-refractivity contribution >= 4 is 52.9 Å². The highest BCUT2D eigenvalue weighted by atomic mass is 16.5. The number of aliphatic hydroxyl groups excluding tert-OH is 1. The van der Waals surface area contributed by atoms with E-state index in [4.69, 9.17) is 47.6 Å². The summed E-state index contributed by atoms with van der Waals surface area (Å²) >= 11 is 0. The van der Waals surface area contributed by atoms with Crippen LogP contribution in [0.4, 0.5) is 22.7 Å². The van der Waals surface area contributed by atoms with Crippen LogP contribution in [-0.4, -0.2) is 209 Å². The topological polar surface area (TPSA) is 469 Å². The summed E-state index contributed by atoms with van der Waals surface area (Å²) in [5, 5.41) is 71.1. The minimum Gasteiger partial charge on any atom is -0.483 e. The Morgan fingerprint density at radius 2 is 0.738 bits per heavy atom. The number of aromatic amines is 3. The zero-order chi connectivity index (χ0) is 87.3. The molecule has 38 heteroatoms. The molecule has 38 nitrogen and oxygen atoms in total. The number of hydrogen-bond acceptors (Lipinski definition) is 25. The second kappa shape index (κ2) is 38.3. The van der Waals surface area contributed by atoms with Crippen LogP contribution in [0.2, 0.25) is 0 Å². The van der Waals surface area contributed by atoms with Crippen LogP contribution in [0.5, 0.6) is 0 Å². The standard InChI is InChI=1S/C23H24N6O3.2C22H23N7O2.C20H18N6O3.CH2O2/c1-3-31-17-10-16(11-17)29-14-19(22(27-29)18-6-4-5-9-24-18)26-23(30)21-8-7-20(32-21)15-12-25-28(2)13-15;2*1-28(2)15-9-16(10-15)29-13-18(21(27-29)17-5-3-4-8-23-17)26-22(30)20-7-6-19(31-20)14-11-24-25-12-14;27-14-7-13(8-14)26-11-16(19(25-26)15-3-1-2-6-21-15)24-20(28)18-5-4-17(29-18)12-9-22-23-10-12;2-1-3/h4-9,12-14,16-17H,3,10-11H2,1-2H3,(H,26,30);2*3-8,11-13,15-16H,9-10H2,1-2H3,(H,24,25)(H,26,30);1-6,9-11,13-14,27H,7-8H2,(H,22,23)(H,24,28);1H,(H,2,3). The van der Waals surface area contributed by atoms with Gasteiger partial charge in [-0.1, -0.05) is 24.3 Å². The fourth-order valence-electron chi connectivity index (χ4n) is 14.6. The molecule has 9 N–H and O–H groups in total. The summed E-state index contributed by atoms with van der Waals surface area (Å²) < 4.78 is 37.8. The number of aromatic nitrogens is 20. The van der Waals surface area contributed by atoms with Gasteiger partial charge in [0.1, 0.15) is 45.8 Å². The number of pyridine rings is 4. The molecule has 4 amide bonds. The molecular weight excluding hydrogens is 1610 g/mol. The van der Waals surface area contributed by atoms with E-state index in [1.54, 1.807) is 132 Å². The lowest BCUT2D eigenvalue weighted by molar-refractivity contribution is -0.122. The third kappa shape index (κ3) is 19.5. The van der Waals surface area contributed by atoms with Gasteiger partial charge in [-0.05, 0) is 184 Å². The highest BCUT2D eigenvalue weighted by Crippen LogP contribution is 2.42. The van der Waals surface area contributed by atoms with Gasteiger partial charge < -0.3 is 63.7 Å². The van der Waals surface area contributed by atoms with Gasteiger partial charge in [-0.3, -0.25) is 82.6 Å². The van der Waals surface area contributed by atoms with E-state index in [0.717, 1.165) is 60.8 Å². The molecule has 16 heterocycles. The molecule has 4 saturated carbocycles. The van der Waals surface area contributed by atoms with Crippen LogP contribution in [0.15, 0.2) is 238 Å². The molecule has 644 valence electrons. The van der Waals surface area contributed by atoms with Gasteiger partial charge in [0.15, 0.2) is 23.0 Å². The number of carbonyl (C=O) groups is 5. The van der Waals surface area contributed by atoms with E-state index in [1.807, 2.05) is 126 Å². The van der Waals surface area contributed by atoms with Crippen molar-refractivity contribution in [1.29, 1.82) is 0 Å². The molecule has 4 aliphatic rings. The smallest absolute Gasteiger partial charge is 0.291 e. The van der Waals surface area contributed by atoms with Crippen LogP contribution in [0.25, 0.3) is 90.8 Å². The highest BCUT2D eigenvalue weighted by Gasteiger charge is 2.37. The predicted molar refractivity (Wildman–Crippen MR) is 462 cm³/mol. The molecule has 20 rings (SSSR count). The third-order valence-electron chi connectivity index (χ3n) is 21.9. The lowest BCUT2D eigenvalue weighted by atomic mass is 9.86. The number of amides is 4. The van der Waals surface area contributed by atoms with Crippen molar-refractivity contribution in [2.24, 2.45) is 7.05 Å². The number of carbonyl (C=O) groups excluding carboxylic acids is 4. The van der Waals surface area contributed by atoms with Crippen molar-refractivity contribution in [2.45, 2.75) is 107 Å². The number of aliphatic hydroxyl groups is 1. The average molecular weight is 1700 g/mol. The van der Waals surface area contributed by atoms with Gasteiger partial charge in [-0.25, -0.2) is 0 Å². The Morgan fingerprint density at radius 1 is 0.437 bits per heavy atom. The van der Waals surface area contributed by atoms with E-state index in [-0.39, 0.29) is 77.4 Å². The lowest BCUT2D eigenvalue weighted by Crippen LogP contribution is -2.41. The molecule has 126 heavy (non-hydrogen) atoms. The minimum absolute atomic E-state index is 0.106. The van der Waals surface area contributed by atoms with Gasteiger partial charge in [0.25, 0.3) is 30.1 Å². The summed E-state index contributed by atoms with van der Waals surface area (Å²) in [5.74, 6) is 1.68. The molecule has 16 aromatic rings. The van der Waals surface area contributed by atoms with Crippen LogP contribution < -0.4 is 21.3 Å². The molecule has 0 radical (unpaired) electrons. The quantitative estimate of drug-likeness (QED) is 0.0254. The molecule has 0 atom stereocenters. The molecule has 4 aliphatic carbocycles. The molecule has 0 aliphatic heterocycles. The first kappa shape index (κ1) is 84.2. The number of nitrogens with zero attached hydrogens (tertiary/aromatic N) is 19. The molecule has 0 bridgehead atoms. The molecule has 16 aromatic heterocycles. The van der Waals surface area contributed by atoms with Crippen molar-refractivity contribution in [3.05, 3.63) is 244 Å². The highest BCUT2D eigenvalue weighted by molar-refractivity contribution is 6.07. The zero-order valence-corrected chi connectivity index (χ0v) is 69.3. The van der Waals surface area contributed by atoms with E-state index in [2.05, 4.69) is 120 Å². The number of rotatable bonds is 24. The number of carboxylic acid groups (broad SMARTS) is 1. The van der Waals surface area contributed by atoms with Crippen molar-refractivity contribution in [3.63, 3.8) is 0 Å². The van der Waals surface area contributed by atoms with Crippen LogP contribution in [0, 0.1) is 0 Å². The summed E-state index contributed by atoms with van der Waals surface area (Å²) in [6.45, 7) is 2.46. The number of nitrogens with one attached hydrogen (secondary N) is 7. The maximum atomic E-state index is 12.9. The first-order chi connectivity index (χ1) is 61.3. The second-order valence-electron chi connectivity index (χ2n) is 30.8. The third-order valence-corrected chi connectivity index (χ3v) is 21.9. The first-order valence-corrected chi connectivity index (χ1v) is 40.7. The Hall–Kier alpha value is -15.4. The lowest BCUT2D eigenvalue weighted by Gasteiger charge is -2.39. The monoisotopic (exact) mass is 1700 g/mol. The molecule has 0 saturated heterocycles. The SMILES string of the molecule is CCOC1CC(n2cc(NC(=O)c3ccc(-c4cnn(C)c4)o3)c(-c3ccccn3)n2)C1.CN(C)C1CC(n2cc(NC(=O)c3ccc(-c4cn[nH]c4)o3)c(-c3ccccn3)n2)C1.CN(C)C1CC(n2cc(NC(=O)c3ccc(-c4cn[nH]c4)o3)c(-c3ccccn3)n2)C1.O=C(Nc1cn(C2CC(O)C2)nc1-c1ccccn1)c1ccc(-c2cn[nH]c2)o1.O=CO. The van der Waals surface area contributed by atoms with Crippen molar-refractivity contribution in [3.8, 4) is 90.8 Å². The predicted octanol–water partition coefficient (Wildman–Crippen LogP) is 13.4. The fraction of sp³-hybridized carbons (Fsp3) is 0.261. The second-order valence-corrected chi connectivity index (χ2v) is 30.8. The molecule has 0 spiro atoms. The van der Waals surface area contributed by atoms with E-state index >= 15 is 0 Å². The van der Waals surface area contributed by atoms with Gasteiger partial charge >= 0.3 is 0 Å². The Morgan fingerprint density at radius 3 is 0.992 bits per heavy atom. The maximum Gasteiger partial charge on any atom is 0.291 e. The van der Waals surface area contributed by atoms with Crippen LogP contribution >= 0.6 is 0 Å². The van der Waals surface area contributed by atoms with Crippen molar-refractivity contribution in [2.75, 3.05) is 56.1 Å². The average Bonchev–Trinajstić information content (AvgIpc) is 1.66. The maximum absolute atomic E-state index is 12.9. The van der Waals surface area contributed by atoms with Gasteiger partial charge in [-0.2, -0.15) is 40.8 Å². The Kier molecular flexibility index (Phi) is 25.6. The minimum atomic E-state index is -0.384. The number of ether oxygens (including phenoxy) is 1. The van der Waals surface area contributed by atoms with E-state index < -0.39 is 0 Å². The normalized spacial score (nSPS) is 17.8. The van der Waals surface area contributed by atoms with Crippen LogP contribution in [0.3, 0.4) is 0 Å². The van der Waals surface area contributed by atoms with Crippen molar-refractivity contribution in [1.82, 2.24) is 109 Å². The van der Waals surface area contributed by atoms with Crippen LogP contribution in [0.1, 0.15) is 125 Å². The van der Waals surface area contributed by atoms with E-state index in [1.165, 1.54) is 0 Å². The fourth-order valence-corrected chi connectivity index (χ4v) is 14.6. The Balaban J connectivity index is 0.000000122. The summed E-state index contributed by atoms with van der Waals surface area (Å²) in [4.78, 5) is 81.9. The molecule has 4 fully saturated rings. The summed E-state index contributed by atoms with van der Waals surface area (Å²) in [6, 6.07) is 38.0. The summed E-state index contributed by atoms with van der Waals surface area (Å²) in [5.41, 5.74) is 10.7. The van der Waals surface area contributed by atoms with E-state index in [9.17, 15) is 24.3 Å². The molecular formula is C88H90N26O12. The number of furan rings is 4. The number of anilines is 4. The number of hydrogen-bond donors (Lipinski definition) is 9. The number of H-pyrrole nitrogens is 3. The summed E-state index contributed by atoms with van der Waals surface area (Å²) in [6.07, 6.45) is 34.9. The molecule has 0 aromatic carbocycles. The number of aryl methyl sites for hydroxylation is 1. The van der Waals surface area contributed by atoms with Gasteiger partial charge in [0, 0.05) is 100 Å². The molecule has 0 unspecified atom stereocenters. The van der Waals surface area contributed by atoms with Crippen LogP contribution in [-0.2, 0) is 16.6 Å². The van der Waals surface area contributed by atoms with Gasteiger partial charge in [-0.15, -0.1) is 0 Å². The van der Waals surface area contributed by atoms with Crippen molar-refractivity contribution < 1.29 is 56.6 Å². The largest absolute Gasteiger partial charge is 0.483 e. The van der Waals surface area contributed by atoms with E-state index in [0.29, 0.717) is 135 Å². The van der Waals surface area contributed by atoms with Gasteiger partial charge in [0.2, 0.25) is 0 Å².